The highest BCUT2D eigenvalue weighted by atomic mass is 16.6. The van der Waals surface area contributed by atoms with Crippen molar-refractivity contribution in [3.63, 3.8) is 0 Å². The molecule has 0 aromatic heterocycles. The molecule has 7 heteroatoms. The molecule has 41 heavy (non-hydrogen) atoms. The molecule has 0 radical (unpaired) electrons. The van der Waals surface area contributed by atoms with Crippen molar-refractivity contribution in [1.29, 1.82) is 0 Å². The summed E-state index contributed by atoms with van der Waals surface area (Å²) in [5, 5.41) is 24.8. The van der Waals surface area contributed by atoms with E-state index in [1.807, 2.05) is 6.92 Å². The summed E-state index contributed by atoms with van der Waals surface area (Å²) in [5.74, 6) is -2.11. The monoisotopic (exact) mass is 556 g/mol. The average Bonchev–Trinajstić information content (AvgIpc) is 3.46. The molecule has 0 saturated heterocycles. The summed E-state index contributed by atoms with van der Waals surface area (Å²) < 4.78 is 11.6. The third-order valence-corrected chi connectivity index (χ3v) is 10.3. The maximum absolute atomic E-state index is 14.7. The second kappa shape index (κ2) is 9.50. The van der Waals surface area contributed by atoms with Crippen LogP contribution >= 0.6 is 0 Å². The highest BCUT2D eigenvalue weighted by Crippen LogP contribution is 2.71. The molecule has 0 heterocycles. The van der Waals surface area contributed by atoms with Crippen LogP contribution in [0.5, 0.6) is 0 Å². The van der Waals surface area contributed by atoms with Crippen molar-refractivity contribution in [1.82, 2.24) is 0 Å². The maximum atomic E-state index is 14.7. The number of hydrogen-bond acceptors (Lipinski definition) is 7. The van der Waals surface area contributed by atoms with Crippen LogP contribution < -0.4 is 0 Å². The van der Waals surface area contributed by atoms with Gasteiger partial charge in [0.1, 0.15) is 12.7 Å². The highest BCUT2D eigenvalue weighted by Gasteiger charge is 2.76. The number of benzene rings is 2. The molecule has 1 spiro atoms. The van der Waals surface area contributed by atoms with E-state index in [1.54, 1.807) is 79.7 Å². The number of carbonyl (C=O) groups excluding carboxylic acids is 3. The van der Waals surface area contributed by atoms with Gasteiger partial charge in [-0.25, -0.2) is 9.59 Å². The van der Waals surface area contributed by atoms with Crippen LogP contribution in [0.3, 0.4) is 0 Å². The van der Waals surface area contributed by atoms with Crippen molar-refractivity contribution in [2.45, 2.75) is 51.9 Å². The molecule has 0 aliphatic heterocycles. The van der Waals surface area contributed by atoms with Gasteiger partial charge < -0.3 is 19.7 Å². The molecule has 2 fully saturated rings. The number of aliphatic hydroxyl groups excluding tert-OH is 1. The average molecular weight is 557 g/mol. The van der Waals surface area contributed by atoms with Gasteiger partial charge in [0.2, 0.25) is 0 Å². The number of ketones is 1. The number of aliphatic hydroxyl groups is 2. The number of ether oxygens (including phenoxy) is 2. The quantitative estimate of drug-likeness (QED) is 0.411. The lowest BCUT2D eigenvalue weighted by molar-refractivity contribution is -0.190. The molecular formula is C34H36O7. The van der Waals surface area contributed by atoms with Crippen molar-refractivity contribution >= 4 is 17.7 Å². The SMILES string of the molecule is CC1=C[C@@]23C(=O)[C@H](C=C(COC(=O)c4ccccc4)[C@@H](O)[C@]2(O)[C@H]1OC(=O)c1ccccc1)[C@@H]1[C@@H](C[C@@H]3C)C1(C)C. The topological polar surface area (TPSA) is 110 Å². The number of allylic oxidation sites excluding steroid dienone is 1. The van der Waals surface area contributed by atoms with Gasteiger partial charge >= 0.3 is 11.9 Å². The number of rotatable bonds is 5. The zero-order valence-corrected chi connectivity index (χ0v) is 23.7. The Labute approximate surface area is 239 Å². The van der Waals surface area contributed by atoms with Crippen molar-refractivity contribution in [2.24, 2.45) is 34.5 Å². The Balaban J connectivity index is 1.43. The normalized spacial score (nSPS) is 36.5. The Bertz CT molecular complexity index is 1460. The van der Waals surface area contributed by atoms with Gasteiger partial charge in [-0.2, -0.15) is 0 Å². The fourth-order valence-electron chi connectivity index (χ4n) is 8.14. The first kappa shape index (κ1) is 27.6. The second-order valence-electron chi connectivity index (χ2n) is 12.8. The fourth-order valence-corrected chi connectivity index (χ4v) is 8.14. The van der Waals surface area contributed by atoms with Crippen molar-refractivity contribution in [3.05, 3.63) is 95.1 Å². The van der Waals surface area contributed by atoms with Crippen LogP contribution in [0.25, 0.3) is 0 Å². The van der Waals surface area contributed by atoms with E-state index >= 15 is 0 Å². The van der Waals surface area contributed by atoms with Gasteiger partial charge in [0.05, 0.1) is 16.5 Å². The van der Waals surface area contributed by atoms with Crippen LogP contribution in [0.2, 0.25) is 0 Å². The second-order valence-corrected chi connectivity index (χ2v) is 12.8. The predicted molar refractivity (Wildman–Crippen MR) is 151 cm³/mol. The van der Waals surface area contributed by atoms with E-state index in [9.17, 15) is 24.6 Å². The molecule has 8 atom stereocenters. The summed E-state index contributed by atoms with van der Waals surface area (Å²) in [5.41, 5.74) is -2.40. The van der Waals surface area contributed by atoms with E-state index in [2.05, 4.69) is 13.8 Å². The Morgan fingerprint density at radius 3 is 2.17 bits per heavy atom. The molecule has 214 valence electrons. The van der Waals surface area contributed by atoms with E-state index in [4.69, 9.17) is 9.47 Å². The van der Waals surface area contributed by atoms with Crippen LogP contribution in [-0.2, 0) is 14.3 Å². The molecule has 2 N–H and O–H groups in total. The summed E-state index contributed by atoms with van der Waals surface area (Å²) in [4.78, 5) is 40.8. The van der Waals surface area contributed by atoms with Crippen molar-refractivity contribution in [3.8, 4) is 0 Å². The first-order chi connectivity index (χ1) is 19.4. The van der Waals surface area contributed by atoms with E-state index < -0.39 is 41.1 Å². The number of hydrogen-bond donors (Lipinski definition) is 2. The molecule has 2 bridgehead atoms. The molecule has 2 aromatic carbocycles. The van der Waals surface area contributed by atoms with Gasteiger partial charge in [0.15, 0.2) is 17.5 Å². The molecule has 2 aromatic rings. The standard InChI is InChI=1S/C34H36O7/c1-19-17-33-20(2)15-25-26(32(25,3)4)24(28(33)36)16-23(18-40-30(37)21-11-7-5-8-12-21)27(35)34(33,39)29(19)41-31(38)22-13-9-6-10-14-22/h5-14,16-17,20,24-27,29,35,39H,15,18H2,1-4H3/t20-,24+,25+,26+,27+,29-,33+,34-/m0/s1. The van der Waals surface area contributed by atoms with Gasteiger partial charge in [-0.3, -0.25) is 4.79 Å². The molecule has 0 amide bonds. The Hall–Kier alpha value is -3.55. The van der Waals surface area contributed by atoms with E-state index in [0.717, 1.165) is 0 Å². The van der Waals surface area contributed by atoms with E-state index in [-0.39, 0.29) is 41.1 Å². The molecule has 0 unspecified atom stereocenters. The molecule has 4 aliphatic rings. The van der Waals surface area contributed by atoms with Crippen LogP contribution in [0.15, 0.2) is 84.0 Å². The lowest BCUT2D eigenvalue weighted by atomic mass is 9.59. The van der Waals surface area contributed by atoms with E-state index in [0.29, 0.717) is 23.1 Å². The minimum absolute atomic E-state index is 0.0193. The third-order valence-electron chi connectivity index (χ3n) is 10.3. The first-order valence-electron chi connectivity index (χ1n) is 14.3. The number of fused-ring (bicyclic) bond motifs is 3. The largest absolute Gasteiger partial charge is 0.457 e. The summed E-state index contributed by atoms with van der Waals surface area (Å²) >= 11 is 0. The van der Waals surface area contributed by atoms with Crippen molar-refractivity contribution in [2.75, 3.05) is 6.61 Å². The lowest BCUT2D eigenvalue weighted by Gasteiger charge is -2.48. The minimum atomic E-state index is -2.20. The maximum Gasteiger partial charge on any atom is 0.338 e. The Morgan fingerprint density at radius 1 is 0.976 bits per heavy atom. The summed E-state index contributed by atoms with van der Waals surface area (Å²) in [6.45, 7) is 7.64. The molecular weight excluding hydrogens is 520 g/mol. The van der Waals surface area contributed by atoms with Crippen LogP contribution in [0.4, 0.5) is 0 Å². The smallest absolute Gasteiger partial charge is 0.338 e. The van der Waals surface area contributed by atoms with Crippen LogP contribution in [-0.4, -0.2) is 52.4 Å². The summed E-state index contributed by atoms with van der Waals surface area (Å²) in [6.07, 6.45) is 1.22. The lowest BCUT2D eigenvalue weighted by Crippen LogP contribution is -2.65. The Morgan fingerprint density at radius 2 is 1.56 bits per heavy atom. The predicted octanol–water partition coefficient (Wildman–Crippen LogP) is 4.54. The summed E-state index contributed by atoms with van der Waals surface area (Å²) in [7, 11) is 0. The van der Waals surface area contributed by atoms with Crippen LogP contribution in [0, 0.1) is 34.5 Å². The third kappa shape index (κ3) is 3.89. The van der Waals surface area contributed by atoms with Gasteiger partial charge in [0, 0.05) is 5.92 Å². The van der Waals surface area contributed by atoms with Gasteiger partial charge in [0.25, 0.3) is 0 Å². The van der Waals surface area contributed by atoms with Gasteiger partial charge in [-0.1, -0.05) is 69.3 Å². The number of carbonyl (C=O) groups is 3. The zero-order valence-electron chi connectivity index (χ0n) is 23.7. The van der Waals surface area contributed by atoms with Gasteiger partial charge in [-0.05, 0) is 71.9 Å². The van der Waals surface area contributed by atoms with Crippen LogP contribution in [0.1, 0.15) is 54.8 Å². The molecule has 6 rings (SSSR count). The molecule has 4 aliphatic carbocycles. The zero-order chi connectivity index (χ0) is 29.3. The number of Topliss-reactive ketones (excluding diaryl/α,β-unsaturated/α-hetero) is 1. The van der Waals surface area contributed by atoms with E-state index in [1.165, 1.54) is 0 Å². The summed E-state index contributed by atoms with van der Waals surface area (Å²) in [6, 6.07) is 16.9. The molecule has 7 nitrogen and oxygen atoms in total. The fraction of sp³-hybridized carbons (Fsp3) is 0.441. The minimum Gasteiger partial charge on any atom is -0.457 e. The molecule has 2 saturated carbocycles. The highest BCUT2D eigenvalue weighted by molar-refractivity contribution is 5.96. The number of esters is 2. The van der Waals surface area contributed by atoms with Crippen molar-refractivity contribution < 1.29 is 34.1 Å². The van der Waals surface area contributed by atoms with Gasteiger partial charge in [-0.15, -0.1) is 0 Å². The first-order valence-corrected chi connectivity index (χ1v) is 14.3. The Kier molecular flexibility index (Phi) is 6.40.